The van der Waals surface area contributed by atoms with Gasteiger partial charge in [0.25, 0.3) is 10.0 Å². The molecule has 0 bridgehead atoms. The molecule has 0 atom stereocenters. The molecular formula is C24H26N2O6S. The Kier molecular flexibility index (Phi) is 7.92. The second-order valence-corrected chi connectivity index (χ2v) is 8.91. The minimum Gasteiger partial charge on any atom is -0.493 e. The van der Waals surface area contributed by atoms with Gasteiger partial charge >= 0.3 is 0 Å². The van der Waals surface area contributed by atoms with Crippen LogP contribution in [0.25, 0.3) is 0 Å². The van der Waals surface area contributed by atoms with Crippen molar-refractivity contribution in [1.82, 2.24) is 0 Å². The summed E-state index contributed by atoms with van der Waals surface area (Å²) in [6, 6.07) is 19.9. The number of hydrogen-bond donors (Lipinski definition) is 1. The Hall–Kier alpha value is -3.56. The minimum absolute atomic E-state index is 0.0288. The van der Waals surface area contributed by atoms with Crippen LogP contribution in [0.5, 0.6) is 11.5 Å². The number of methoxy groups -OCH3 is 3. The normalized spacial score (nSPS) is 11.0. The van der Waals surface area contributed by atoms with Gasteiger partial charge in [0.2, 0.25) is 5.91 Å². The molecule has 8 nitrogen and oxygen atoms in total. The van der Waals surface area contributed by atoms with Gasteiger partial charge in [-0.25, -0.2) is 8.42 Å². The van der Waals surface area contributed by atoms with Gasteiger partial charge in [0.1, 0.15) is 6.54 Å². The Morgan fingerprint density at radius 1 is 0.879 bits per heavy atom. The molecule has 0 spiro atoms. The van der Waals surface area contributed by atoms with E-state index < -0.39 is 22.5 Å². The molecule has 1 N–H and O–H groups in total. The standard InChI is InChI=1S/C24H26N2O6S/c1-30-17-18-8-7-9-19(14-18)25-24(27)16-26(20-10-5-4-6-11-20)33(28,29)21-12-13-22(31-2)23(15-21)32-3/h4-15H,16-17H2,1-3H3,(H,25,27). The Balaban J connectivity index is 1.92. The van der Waals surface area contributed by atoms with E-state index in [0.29, 0.717) is 23.7 Å². The first-order valence-electron chi connectivity index (χ1n) is 10.1. The highest BCUT2D eigenvalue weighted by Gasteiger charge is 2.28. The van der Waals surface area contributed by atoms with Crippen LogP contribution in [0.1, 0.15) is 5.56 Å². The number of anilines is 2. The molecule has 0 heterocycles. The van der Waals surface area contributed by atoms with Crippen LogP contribution in [0, 0.1) is 0 Å². The molecule has 0 aromatic heterocycles. The van der Waals surface area contributed by atoms with E-state index in [9.17, 15) is 13.2 Å². The highest BCUT2D eigenvalue weighted by molar-refractivity contribution is 7.92. The molecule has 0 unspecified atom stereocenters. The lowest BCUT2D eigenvalue weighted by Gasteiger charge is -2.24. The van der Waals surface area contributed by atoms with Gasteiger partial charge in [0, 0.05) is 18.9 Å². The summed E-state index contributed by atoms with van der Waals surface area (Å²) in [5.74, 6) is 0.180. The number of carbonyl (C=O) groups is 1. The predicted molar refractivity (Wildman–Crippen MR) is 126 cm³/mol. The first-order valence-corrected chi connectivity index (χ1v) is 11.5. The van der Waals surface area contributed by atoms with Gasteiger partial charge in [-0.05, 0) is 42.0 Å². The number of para-hydroxylation sites is 1. The molecule has 174 valence electrons. The maximum absolute atomic E-state index is 13.6. The second-order valence-electron chi connectivity index (χ2n) is 7.05. The van der Waals surface area contributed by atoms with E-state index in [4.69, 9.17) is 14.2 Å². The third-order valence-corrected chi connectivity index (χ3v) is 6.57. The predicted octanol–water partition coefficient (Wildman–Crippen LogP) is 3.68. The maximum atomic E-state index is 13.6. The number of sulfonamides is 1. The molecule has 9 heteroatoms. The minimum atomic E-state index is -4.10. The molecule has 3 rings (SSSR count). The zero-order chi connectivity index (χ0) is 23.8. The van der Waals surface area contributed by atoms with Crippen molar-refractivity contribution in [3.8, 4) is 11.5 Å². The Morgan fingerprint density at radius 2 is 1.61 bits per heavy atom. The van der Waals surface area contributed by atoms with Crippen LogP contribution in [0.2, 0.25) is 0 Å². The highest BCUT2D eigenvalue weighted by Crippen LogP contribution is 2.32. The van der Waals surface area contributed by atoms with Crippen LogP contribution in [0.4, 0.5) is 11.4 Å². The van der Waals surface area contributed by atoms with E-state index in [-0.39, 0.29) is 10.6 Å². The highest BCUT2D eigenvalue weighted by atomic mass is 32.2. The van der Waals surface area contributed by atoms with Crippen molar-refractivity contribution in [2.75, 3.05) is 37.5 Å². The second kappa shape index (κ2) is 10.8. The molecule has 33 heavy (non-hydrogen) atoms. The van der Waals surface area contributed by atoms with E-state index >= 15 is 0 Å². The van der Waals surface area contributed by atoms with Crippen LogP contribution in [0.15, 0.2) is 77.7 Å². The first-order chi connectivity index (χ1) is 15.9. The lowest BCUT2D eigenvalue weighted by Crippen LogP contribution is -2.38. The molecule has 1 amide bonds. The van der Waals surface area contributed by atoms with E-state index in [1.54, 1.807) is 55.6 Å². The molecule has 3 aromatic rings. The van der Waals surface area contributed by atoms with Gasteiger partial charge in [0.05, 0.1) is 31.4 Å². The molecule has 0 aliphatic rings. The fraction of sp³-hybridized carbons (Fsp3) is 0.208. The fourth-order valence-corrected chi connectivity index (χ4v) is 4.69. The Labute approximate surface area is 193 Å². The number of amides is 1. The van der Waals surface area contributed by atoms with Crippen molar-refractivity contribution in [3.05, 3.63) is 78.4 Å². The summed E-state index contributed by atoms with van der Waals surface area (Å²) in [5.41, 5.74) is 1.79. The average molecular weight is 471 g/mol. The van der Waals surface area contributed by atoms with Crippen LogP contribution in [-0.4, -0.2) is 42.2 Å². The Bertz CT molecular complexity index is 1200. The Morgan fingerprint density at radius 3 is 2.27 bits per heavy atom. The summed E-state index contributed by atoms with van der Waals surface area (Å²) in [6.45, 7) is -0.0251. The monoisotopic (exact) mass is 470 g/mol. The summed E-state index contributed by atoms with van der Waals surface area (Å²) in [6.07, 6.45) is 0. The van der Waals surface area contributed by atoms with Crippen LogP contribution in [-0.2, 0) is 26.2 Å². The number of benzene rings is 3. The van der Waals surface area contributed by atoms with Gasteiger partial charge < -0.3 is 19.5 Å². The lowest BCUT2D eigenvalue weighted by molar-refractivity contribution is -0.114. The first kappa shape index (κ1) is 24.1. The molecule has 0 fully saturated rings. The van der Waals surface area contributed by atoms with Crippen molar-refractivity contribution >= 4 is 27.3 Å². The van der Waals surface area contributed by atoms with Gasteiger partial charge in [-0.3, -0.25) is 9.10 Å². The van der Waals surface area contributed by atoms with Gasteiger partial charge in [-0.15, -0.1) is 0 Å². The van der Waals surface area contributed by atoms with Gasteiger partial charge in [-0.2, -0.15) is 0 Å². The summed E-state index contributed by atoms with van der Waals surface area (Å²) in [5, 5.41) is 2.76. The SMILES string of the molecule is COCc1cccc(NC(=O)CN(c2ccccc2)S(=O)(=O)c2ccc(OC)c(OC)c2)c1. The number of nitrogens with one attached hydrogen (secondary N) is 1. The molecule has 0 aliphatic heterocycles. The lowest BCUT2D eigenvalue weighted by atomic mass is 10.2. The van der Waals surface area contributed by atoms with Crippen molar-refractivity contribution in [1.29, 1.82) is 0 Å². The number of ether oxygens (including phenoxy) is 3. The quantitative estimate of drug-likeness (QED) is 0.486. The van der Waals surface area contributed by atoms with Crippen molar-refractivity contribution in [3.63, 3.8) is 0 Å². The average Bonchev–Trinajstić information content (AvgIpc) is 2.83. The maximum Gasteiger partial charge on any atom is 0.264 e. The zero-order valence-corrected chi connectivity index (χ0v) is 19.5. The van der Waals surface area contributed by atoms with Crippen molar-refractivity contribution in [2.24, 2.45) is 0 Å². The van der Waals surface area contributed by atoms with Gasteiger partial charge in [-0.1, -0.05) is 30.3 Å². The van der Waals surface area contributed by atoms with Crippen molar-refractivity contribution < 1.29 is 27.4 Å². The number of hydrogen-bond acceptors (Lipinski definition) is 6. The third kappa shape index (κ3) is 5.82. The largest absolute Gasteiger partial charge is 0.493 e. The van der Waals surface area contributed by atoms with Crippen LogP contribution >= 0.6 is 0 Å². The molecular weight excluding hydrogens is 444 g/mol. The number of carbonyl (C=O) groups excluding carboxylic acids is 1. The van der Waals surface area contributed by atoms with E-state index in [0.717, 1.165) is 9.87 Å². The summed E-state index contributed by atoms with van der Waals surface area (Å²) >= 11 is 0. The molecule has 0 saturated heterocycles. The molecule has 3 aromatic carbocycles. The number of nitrogens with zero attached hydrogens (tertiary/aromatic N) is 1. The zero-order valence-electron chi connectivity index (χ0n) is 18.6. The topological polar surface area (TPSA) is 94.2 Å². The van der Waals surface area contributed by atoms with Crippen LogP contribution < -0.4 is 19.1 Å². The van der Waals surface area contributed by atoms with E-state index in [2.05, 4.69) is 5.32 Å². The summed E-state index contributed by atoms with van der Waals surface area (Å²) in [7, 11) is 0.378. The molecule has 0 saturated carbocycles. The van der Waals surface area contributed by atoms with Crippen LogP contribution in [0.3, 0.4) is 0 Å². The smallest absolute Gasteiger partial charge is 0.264 e. The van der Waals surface area contributed by atoms with Crippen molar-refractivity contribution in [2.45, 2.75) is 11.5 Å². The third-order valence-electron chi connectivity index (χ3n) is 4.80. The summed E-state index contributed by atoms with van der Waals surface area (Å²) < 4.78 is 43.8. The fourth-order valence-electron chi connectivity index (χ4n) is 3.25. The number of rotatable bonds is 10. The molecule has 0 aliphatic carbocycles. The molecule has 0 radical (unpaired) electrons. The summed E-state index contributed by atoms with van der Waals surface area (Å²) in [4.78, 5) is 12.8. The van der Waals surface area contributed by atoms with E-state index in [1.165, 1.54) is 32.4 Å². The van der Waals surface area contributed by atoms with Gasteiger partial charge in [0.15, 0.2) is 11.5 Å². The van der Waals surface area contributed by atoms with E-state index in [1.807, 2.05) is 6.07 Å².